The first-order chi connectivity index (χ1) is 12.2. The van der Waals surface area contributed by atoms with Gasteiger partial charge in [0.25, 0.3) is 0 Å². The first kappa shape index (κ1) is 16.1. The minimum atomic E-state index is -0.622. The minimum absolute atomic E-state index is 0.238. The number of hydrogen-bond acceptors (Lipinski definition) is 3. The number of halogens is 1. The van der Waals surface area contributed by atoms with E-state index in [-0.39, 0.29) is 6.61 Å². The van der Waals surface area contributed by atoms with Crippen molar-refractivity contribution in [3.63, 3.8) is 0 Å². The smallest absolute Gasteiger partial charge is 0.119 e. The van der Waals surface area contributed by atoms with E-state index in [0.29, 0.717) is 6.54 Å². The van der Waals surface area contributed by atoms with Crippen LogP contribution >= 0.6 is 15.9 Å². The van der Waals surface area contributed by atoms with E-state index in [1.165, 1.54) is 0 Å². The summed E-state index contributed by atoms with van der Waals surface area (Å²) in [6.45, 7) is 0.683. The highest BCUT2D eigenvalue weighted by Gasteiger charge is 2.15. The lowest BCUT2D eigenvalue weighted by Crippen LogP contribution is -2.23. The molecule has 0 spiro atoms. The molecule has 0 aliphatic rings. The van der Waals surface area contributed by atoms with Crippen LogP contribution in [0.4, 0.5) is 0 Å². The number of para-hydroxylation sites is 1. The number of fused-ring (bicyclic) bond motifs is 3. The summed E-state index contributed by atoms with van der Waals surface area (Å²) in [5, 5.41) is 11.6. The fraction of sp³-hybridized carbons (Fsp3) is 0.150. The zero-order valence-corrected chi connectivity index (χ0v) is 15.1. The van der Waals surface area contributed by atoms with Crippen LogP contribution in [0.15, 0.2) is 71.3 Å². The van der Waals surface area contributed by atoms with Crippen molar-refractivity contribution in [3.8, 4) is 5.75 Å². The Hall–Kier alpha value is -2.37. The Labute approximate surface area is 153 Å². The topological polar surface area (TPSA) is 47.3 Å². The van der Waals surface area contributed by atoms with Gasteiger partial charge in [0, 0.05) is 16.1 Å². The van der Waals surface area contributed by atoms with Gasteiger partial charge in [-0.05, 0) is 42.5 Å². The van der Waals surface area contributed by atoms with Crippen molar-refractivity contribution in [2.24, 2.45) is 0 Å². The van der Waals surface area contributed by atoms with E-state index in [4.69, 9.17) is 4.74 Å². The lowest BCUT2D eigenvalue weighted by Gasteiger charge is -2.15. The predicted molar refractivity (Wildman–Crippen MR) is 103 cm³/mol. The second kappa shape index (κ2) is 6.86. The Morgan fingerprint density at radius 3 is 2.72 bits per heavy atom. The van der Waals surface area contributed by atoms with Crippen molar-refractivity contribution < 1.29 is 9.84 Å². The zero-order valence-electron chi connectivity index (χ0n) is 13.5. The standard InChI is InChI=1S/C20H17BrN2O2/c21-14-8-9-18-17(11-14)20-19(7-4-10-22-20)23(18)12-15(24)13-25-16-5-2-1-3-6-16/h1-11,15,24H,12-13H2. The molecule has 126 valence electrons. The van der Waals surface area contributed by atoms with Crippen molar-refractivity contribution in [1.82, 2.24) is 9.55 Å². The molecule has 4 rings (SSSR count). The molecule has 0 fully saturated rings. The van der Waals surface area contributed by atoms with Crippen molar-refractivity contribution in [1.29, 1.82) is 0 Å². The van der Waals surface area contributed by atoms with E-state index in [1.54, 1.807) is 6.20 Å². The highest BCUT2D eigenvalue weighted by Crippen LogP contribution is 2.30. The van der Waals surface area contributed by atoms with Crippen LogP contribution in [0.1, 0.15) is 0 Å². The highest BCUT2D eigenvalue weighted by atomic mass is 79.9. The van der Waals surface area contributed by atoms with Gasteiger partial charge in [0.2, 0.25) is 0 Å². The monoisotopic (exact) mass is 396 g/mol. The third-order valence-electron chi connectivity index (χ3n) is 4.16. The number of ether oxygens (including phenoxy) is 1. The van der Waals surface area contributed by atoms with E-state index >= 15 is 0 Å². The second-order valence-electron chi connectivity index (χ2n) is 5.92. The number of rotatable bonds is 5. The van der Waals surface area contributed by atoms with Crippen molar-refractivity contribution in [2.75, 3.05) is 6.61 Å². The third-order valence-corrected chi connectivity index (χ3v) is 4.65. The molecule has 0 aliphatic carbocycles. The molecule has 0 aliphatic heterocycles. The van der Waals surface area contributed by atoms with Crippen molar-refractivity contribution >= 4 is 37.9 Å². The summed E-state index contributed by atoms with van der Waals surface area (Å²) in [4.78, 5) is 4.52. The van der Waals surface area contributed by atoms with Gasteiger partial charge in [-0.1, -0.05) is 34.1 Å². The SMILES string of the molecule is OC(COc1ccccc1)Cn1c2ccc(Br)cc2c2ncccc21. The number of hydrogen-bond donors (Lipinski definition) is 1. The maximum atomic E-state index is 10.5. The molecular weight excluding hydrogens is 380 g/mol. The van der Waals surface area contributed by atoms with E-state index in [1.807, 2.05) is 54.6 Å². The summed E-state index contributed by atoms with van der Waals surface area (Å²) in [7, 11) is 0. The Kier molecular flexibility index (Phi) is 4.42. The summed E-state index contributed by atoms with van der Waals surface area (Å²) >= 11 is 3.52. The molecule has 0 bridgehead atoms. The first-order valence-corrected chi connectivity index (χ1v) is 8.90. The van der Waals surface area contributed by atoms with Gasteiger partial charge < -0.3 is 14.4 Å². The largest absolute Gasteiger partial charge is 0.491 e. The number of aliphatic hydroxyl groups excluding tert-OH is 1. The van der Waals surface area contributed by atoms with E-state index < -0.39 is 6.10 Å². The summed E-state index contributed by atoms with van der Waals surface area (Å²) in [5.41, 5.74) is 3.00. The van der Waals surface area contributed by atoms with Crippen LogP contribution in [-0.4, -0.2) is 27.4 Å². The van der Waals surface area contributed by atoms with Crippen LogP contribution in [0.3, 0.4) is 0 Å². The van der Waals surface area contributed by atoms with Gasteiger partial charge >= 0.3 is 0 Å². The van der Waals surface area contributed by atoms with E-state index in [9.17, 15) is 5.11 Å². The summed E-state index contributed by atoms with van der Waals surface area (Å²) in [6, 6.07) is 19.6. The number of aromatic nitrogens is 2. The number of nitrogens with zero attached hydrogens (tertiary/aromatic N) is 2. The van der Waals surface area contributed by atoms with Gasteiger partial charge in [-0.25, -0.2) is 0 Å². The molecule has 0 amide bonds. The van der Waals surface area contributed by atoms with E-state index in [2.05, 4.69) is 31.5 Å². The van der Waals surface area contributed by atoms with Crippen LogP contribution in [-0.2, 0) is 6.54 Å². The molecule has 0 saturated carbocycles. The zero-order chi connectivity index (χ0) is 17.2. The van der Waals surface area contributed by atoms with Gasteiger partial charge in [-0.3, -0.25) is 4.98 Å². The number of pyridine rings is 1. The maximum Gasteiger partial charge on any atom is 0.119 e. The van der Waals surface area contributed by atoms with E-state index in [0.717, 1.165) is 32.2 Å². The number of benzene rings is 2. The fourth-order valence-electron chi connectivity index (χ4n) is 3.05. The lowest BCUT2D eigenvalue weighted by molar-refractivity contribution is 0.0945. The molecular formula is C20H17BrN2O2. The average molecular weight is 397 g/mol. The third kappa shape index (κ3) is 3.25. The Bertz CT molecular complexity index is 1010. The molecule has 1 unspecified atom stereocenters. The summed E-state index contributed by atoms with van der Waals surface area (Å²) in [6.07, 6.45) is 1.17. The lowest BCUT2D eigenvalue weighted by atomic mass is 10.2. The molecule has 25 heavy (non-hydrogen) atoms. The maximum absolute atomic E-state index is 10.5. The van der Waals surface area contributed by atoms with Gasteiger partial charge in [0.05, 0.1) is 23.1 Å². The second-order valence-corrected chi connectivity index (χ2v) is 6.84. The molecule has 2 heterocycles. The summed E-state index contributed by atoms with van der Waals surface area (Å²) in [5.74, 6) is 0.759. The summed E-state index contributed by atoms with van der Waals surface area (Å²) < 4.78 is 8.79. The van der Waals surface area contributed by atoms with Gasteiger partial charge in [0.1, 0.15) is 18.5 Å². The molecule has 2 aromatic heterocycles. The Morgan fingerprint density at radius 1 is 1.04 bits per heavy atom. The Morgan fingerprint density at radius 2 is 1.88 bits per heavy atom. The number of aliphatic hydroxyl groups is 1. The minimum Gasteiger partial charge on any atom is -0.491 e. The molecule has 2 aromatic carbocycles. The Balaban J connectivity index is 1.63. The average Bonchev–Trinajstić information content (AvgIpc) is 2.94. The van der Waals surface area contributed by atoms with Crippen LogP contribution in [0.2, 0.25) is 0 Å². The normalized spacial score (nSPS) is 12.6. The quantitative estimate of drug-likeness (QED) is 0.543. The van der Waals surface area contributed by atoms with Crippen LogP contribution < -0.4 is 4.74 Å². The van der Waals surface area contributed by atoms with Crippen molar-refractivity contribution in [3.05, 3.63) is 71.3 Å². The fourth-order valence-corrected chi connectivity index (χ4v) is 3.42. The predicted octanol–water partition coefficient (Wildman–Crippen LogP) is 4.39. The molecule has 5 heteroatoms. The molecule has 0 saturated heterocycles. The highest BCUT2D eigenvalue weighted by molar-refractivity contribution is 9.10. The molecule has 0 radical (unpaired) electrons. The first-order valence-electron chi connectivity index (χ1n) is 8.11. The van der Waals surface area contributed by atoms with Gasteiger partial charge in [0.15, 0.2) is 0 Å². The van der Waals surface area contributed by atoms with Crippen LogP contribution in [0, 0.1) is 0 Å². The molecule has 4 aromatic rings. The van der Waals surface area contributed by atoms with Crippen molar-refractivity contribution in [2.45, 2.75) is 12.6 Å². The van der Waals surface area contributed by atoms with Gasteiger partial charge in [-0.2, -0.15) is 0 Å². The van der Waals surface area contributed by atoms with Crippen LogP contribution in [0.5, 0.6) is 5.75 Å². The molecule has 1 atom stereocenters. The van der Waals surface area contributed by atoms with Crippen LogP contribution in [0.25, 0.3) is 21.9 Å². The molecule has 4 nitrogen and oxygen atoms in total. The van der Waals surface area contributed by atoms with Gasteiger partial charge in [-0.15, -0.1) is 0 Å². The molecule has 1 N–H and O–H groups in total.